The van der Waals surface area contributed by atoms with Crippen molar-refractivity contribution in [2.75, 3.05) is 17.8 Å². The van der Waals surface area contributed by atoms with Gasteiger partial charge in [-0.3, -0.25) is 20.3 Å². The van der Waals surface area contributed by atoms with Crippen molar-refractivity contribution >= 4 is 22.8 Å². The number of benzene rings is 1. The molecule has 0 saturated heterocycles. The predicted molar refractivity (Wildman–Crippen MR) is 91.2 cm³/mol. The quantitative estimate of drug-likeness (QED) is 0.503. The Bertz CT molecular complexity index is 801. The zero-order valence-electron chi connectivity index (χ0n) is 12.7. The fourth-order valence-corrected chi connectivity index (χ4v) is 1.95. The fraction of sp³-hybridized carbons (Fsp3) is 0.125. The summed E-state index contributed by atoms with van der Waals surface area (Å²) >= 11 is 0. The maximum Gasteiger partial charge on any atom is 0.269 e. The second kappa shape index (κ2) is 7.17. The minimum atomic E-state index is -0.467. The first-order chi connectivity index (χ1) is 11.0. The van der Waals surface area contributed by atoms with Gasteiger partial charge in [0.1, 0.15) is 0 Å². The standard InChI is InChI=1S/C16H16N4O3/c1-11(14-5-3-4-6-15(17-2)16(14)21)18-19-12-7-9-13(10-8-12)20(22)23/h3-10,19H,1-2H3,(H,17,21)/b18-11+. The smallest absolute Gasteiger partial charge is 0.269 e. The lowest BCUT2D eigenvalue weighted by molar-refractivity contribution is -0.384. The van der Waals surface area contributed by atoms with Gasteiger partial charge in [-0.05, 0) is 31.2 Å². The van der Waals surface area contributed by atoms with E-state index in [4.69, 9.17) is 0 Å². The summed E-state index contributed by atoms with van der Waals surface area (Å²) in [4.78, 5) is 22.5. The van der Waals surface area contributed by atoms with Crippen LogP contribution in [0.5, 0.6) is 0 Å². The van der Waals surface area contributed by atoms with Gasteiger partial charge in [0.2, 0.25) is 5.43 Å². The van der Waals surface area contributed by atoms with Gasteiger partial charge in [0.05, 0.1) is 22.0 Å². The van der Waals surface area contributed by atoms with Crippen molar-refractivity contribution in [1.82, 2.24) is 0 Å². The van der Waals surface area contributed by atoms with E-state index in [2.05, 4.69) is 15.8 Å². The number of nitrogens with zero attached hydrogens (tertiary/aromatic N) is 2. The molecule has 0 bridgehead atoms. The van der Waals surface area contributed by atoms with Gasteiger partial charge in [0.15, 0.2) is 0 Å². The molecule has 0 spiro atoms. The van der Waals surface area contributed by atoms with Gasteiger partial charge in [-0.15, -0.1) is 0 Å². The Hall–Kier alpha value is -3.22. The third-order valence-electron chi connectivity index (χ3n) is 3.22. The van der Waals surface area contributed by atoms with E-state index >= 15 is 0 Å². The number of non-ortho nitro benzene ring substituents is 1. The highest BCUT2D eigenvalue weighted by atomic mass is 16.6. The van der Waals surface area contributed by atoms with Crippen molar-refractivity contribution in [3.8, 4) is 0 Å². The molecule has 2 aromatic rings. The van der Waals surface area contributed by atoms with Crippen LogP contribution in [-0.2, 0) is 0 Å². The summed E-state index contributed by atoms with van der Waals surface area (Å²) in [5.41, 5.74) is 4.70. The Labute approximate surface area is 132 Å². The van der Waals surface area contributed by atoms with Crippen LogP contribution in [0.15, 0.2) is 58.4 Å². The zero-order chi connectivity index (χ0) is 16.8. The lowest BCUT2D eigenvalue weighted by atomic mass is 10.2. The maximum absolute atomic E-state index is 12.3. The molecule has 0 atom stereocenters. The molecule has 2 rings (SSSR count). The van der Waals surface area contributed by atoms with E-state index in [0.717, 1.165) is 0 Å². The molecule has 0 aliphatic heterocycles. The van der Waals surface area contributed by atoms with E-state index in [0.29, 0.717) is 22.6 Å². The third-order valence-corrected chi connectivity index (χ3v) is 3.22. The first-order valence-corrected chi connectivity index (χ1v) is 6.89. The molecule has 0 saturated carbocycles. The van der Waals surface area contributed by atoms with Crippen LogP contribution in [0, 0.1) is 10.1 Å². The van der Waals surface area contributed by atoms with Crippen LogP contribution < -0.4 is 16.2 Å². The molecular weight excluding hydrogens is 296 g/mol. The fourth-order valence-electron chi connectivity index (χ4n) is 1.95. The summed E-state index contributed by atoms with van der Waals surface area (Å²) in [6.45, 7) is 1.72. The monoisotopic (exact) mass is 312 g/mol. The number of hydrogen-bond acceptors (Lipinski definition) is 6. The van der Waals surface area contributed by atoms with E-state index < -0.39 is 4.92 Å². The van der Waals surface area contributed by atoms with Gasteiger partial charge in [-0.2, -0.15) is 5.10 Å². The Morgan fingerprint density at radius 2 is 1.78 bits per heavy atom. The van der Waals surface area contributed by atoms with Crippen molar-refractivity contribution in [1.29, 1.82) is 0 Å². The average molecular weight is 312 g/mol. The lowest BCUT2D eigenvalue weighted by Gasteiger charge is -2.03. The van der Waals surface area contributed by atoms with E-state index in [1.807, 2.05) is 0 Å². The number of nitro groups is 1. The predicted octanol–water partition coefficient (Wildman–Crippen LogP) is 2.83. The lowest BCUT2D eigenvalue weighted by Crippen LogP contribution is -2.15. The van der Waals surface area contributed by atoms with E-state index in [-0.39, 0.29) is 11.1 Å². The minimum Gasteiger partial charge on any atom is -0.385 e. The van der Waals surface area contributed by atoms with Crippen molar-refractivity contribution in [3.63, 3.8) is 0 Å². The number of anilines is 2. The summed E-state index contributed by atoms with van der Waals surface area (Å²) in [7, 11) is 1.68. The number of hydrogen-bond donors (Lipinski definition) is 2. The number of nitro benzene ring substituents is 1. The van der Waals surface area contributed by atoms with E-state index in [1.54, 1.807) is 50.4 Å². The zero-order valence-corrected chi connectivity index (χ0v) is 12.7. The average Bonchev–Trinajstić information content (AvgIpc) is 2.74. The highest BCUT2D eigenvalue weighted by Gasteiger charge is 2.06. The third kappa shape index (κ3) is 3.91. The number of rotatable bonds is 5. The van der Waals surface area contributed by atoms with Crippen LogP contribution in [0.2, 0.25) is 0 Å². The molecule has 23 heavy (non-hydrogen) atoms. The Balaban J connectivity index is 2.26. The highest BCUT2D eigenvalue weighted by molar-refractivity contribution is 5.99. The highest BCUT2D eigenvalue weighted by Crippen LogP contribution is 2.15. The summed E-state index contributed by atoms with van der Waals surface area (Å²) in [5.74, 6) is 0. The Morgan fingerprint density at radius 3 is 2.39 bits per heavy atom. The summed E-state index contributed by atoms with van der Waals surface area (Å²) in [6.07, 6.45) is 0. The van der Waals surface area contributed by atoms with Gasteiger partial charge in [-0.1, -0.05) is 12.1 Å². The van der Waals surface area contributed by atoms with Crippen LogP contribution in [0.1, 0.15) is 12.5 Å². The molecule has 0 aromatic heterocycles. The normalized spacial score (nSPS) is 11.0. The molecule has 0 aliphatic rings. The number of hydrazone groups is 1. The Kier molecular flexibility index (Phi) is 5.03. The van der Waals surface area contributed by atoms with Crippen LogP contribution in [0.25, 0.3) is 0 Å². The van der Waals surface area contributed by atoms with E-state index in [9.17, 15) is 14.9 Å². The van der Waals surface area contributed by atoms with Crippen molar-refractivity contribution < 1.29 is 4.92 Å². The molecule has 0 radical (unpaired) electrons. The molecule has 2 N–H and O–H groups in total. The molecule has 2 aromatic carbocycles. The van der Waals surface area contributed by atoms with Crippen molar-refractivity contribution in [2.45, 2.75) is 6.92 Å². The first kappa shape index (κ1) is 16.2. The molecule has 0 aliphatic carbocycles. The molecule has 0 unspecified atom stereocenters. The van der Waals surface area contributed by atoms with Gasteiger partial charge >= 0.3 is 0 Å². The second-order valence-electron chi connectivity index (χ2n) is 4.74. The van der Waals surface area contributed by atoms with Gasteiger partial charge < -0.3 is 5.32 Å². The van der Waals surface area contributed by atoms with E-state index in [1.165, 1.54) is 12.1 Å². The molecule has 0 fully saturated rings. The molecule has 7 nitrogen and oxygen atoms in total. The molecular formula is C16H16N4O3. The van der Waals surface area contributed by atoms with Crippen LogP contribution >= 0.6 is 0 Å². The topological polar surface area (TPSA) is 96.6 Å². The SMILES string of the molecule is CNc1ccccc(/C(C)=N/Nc2ccc([N+](=O)[O-])cc2)c1=O. The largest absolute Gasteiger partial charge is 0.385 e. The van der Waals surface area contributed by atoms with Crippen molar-refractivity contribution in [3.05, 3.63) is 74.4 Å². The second-order valence-corrected chi connectivity index (χ2v) is 4.74. The molecule has 7 heteroatoms. The minimum absolute atomic E-state index is 0.00634. The first-order valence-electron chi connectivity index (χ1n) is 6.89. The van der Waals surface area contributed by atoms with Gasteiger partial charge in [0, 0.05) is 24.7 Å². The molecule has 0 amide bonds. The molecule has 118 valence electrons. The Morgan fingerprint density at radius 1 is 1.13 bits per heavy atom. The maximum atomic E-state index is 12.3. The van der Waals surface area contributed by atoms with Crippen LogP contribution in [0.4, 0.5) is 17.1 Å². The van der Waals surface area contributed by atoms with Crippen LogP contribution in [0.3, 0.4) is 0 Å². The molecule has 0 heterocycles. The van der Waals surface area contributed by atoms with Gasteiger partial charge in [0.25, 0.3) is 5.69 Å². The summed E-state index contributed by atoms with van der Waals surface area (Å²) in [5, 5.41) is 17.6. The van der Waals surface area contributed by atoms with Crippen molar-refractivity contribution in [2.24, 2.45) is 5.10 Å². The van der Waals surface area contributed by atoms with Gasteiger partial charge in [-0.25, -0.2) is 0 Å². The van der Waals surface area contributed by atoms with Crippen LogP contribution in [-0.4, -0.2) is 17.7 Å². The summed E-state index contributed by atoms with van der Waals surface area (Å²) in [6, 6.07) is 12.8. The summed E-state index contributed by atoms with van der Waals surface area (Å²) < 4.78 is 0. The number of nitrogens with one attached hydrogen (secondary N) is 2.